The summed E-state index contributed by atoms with van der Waals surface area (Å²) in [5.74, 6) is -0.326. The zero-order valence-electron chi connectivity index (χ0n) is 15.7. The lowest BCUT2D eigenvalue weighted by Gasteiger charge is -2.15. The molecule has 3 aromatic carbocycles. The quantitative estimate of drug-likeness (QED) is 0.629. The van der Waals surface area contributed by atoms with Gasteiger partial charge in [-0.1, -0.05) is 42.5 Å². The smallest absolute Gasteiger partial charge is 0.342 e. The summed E-state index contributed by atoms with van der Waals surface area (Å²) in [6, 6.07) is 24.3. The molecule has 0 saturated heterocycles. The van der Waals surface area contributed by atoms with E-state index in [9.17, 15) is 9.59 Å². The van der Waals surface area contributed by atoms with E-state index in [2.05, 4.69) is 5.32 Å². The number of hydrogen-bond donors (Lipinski definition) is 1. The first kappa shape index (κ1) is 19.6. The zero-order chi connectivity index (χ0) is 20.6. The maximum atomic E-state index is 12.6. The van der Waals surface area contributed by atoms with Gasteiger partial charge in [0.25, 0.3) is 5.91 Å². The molecule has 0 saturated carbocycles. The first-order valence-electron chi connectivity index (χ1n) is 8.91. The molecule has 1 atom stereocenters. The van der Waals surface area contributed by atoms with Crippen LogP contribution in [0, 0.1) is 11.3 Å². The van der Waals surface area contributed by atoms with Gasteiger partial charge in [-0.3, -0.25) is 4.79 Å². The van der Waals surface area contributed by atoms with Crippen LogP contribution in [0.2, 0.25) is 0 Å². The number of para-hydroxylation sites is 3. The number of nitrogens with one attached hydrogen (secondary N) is 1. The number of carbonyl (C=O) groups excluding carboxylic acids is 2. The van der Waals surface area contributed by atoms with Crippen LogP contribution < -0.4 is 10.1 Å². The molecule has 0 aromatic heterocycles. The third-order valence-electron chi connectivity index (χ3n) is 4.04. The van der Waals surface area contributed by atoms with E-state index in [1.54, 1.807) is 60.7 Å². The van der Waals surface area contributed by atoms with Crippen LogP contribution in [0.25, 0.3) is 0 Å². The zero-order valence-corrected chi connectivity index (χ0v) is 15.7. The van der Waals surface area contributed by atoms with Crippen molar-refractivity contribution >= 4 is 17.6 Å². The summed E-state index contributed by atoms with van der Waals surface area (Å²) in [7, 11) is 0. The second kappa shape index (κ2) is 9.20. The SMILES string of the molecule is C[C@@H](OC(=O)c1ccccc1Oc1ccccc1)C(=O)Nc1ccccc1C#N. The van der Waals surface area contributed by atoms with E-state index in [1.807, 2.05) is 24.3 Å². The first-order chi connectivity index (χ1) is 14.1. The highest BCUT2D eigenvalue weighted by Gasteiger charge is 2.22. The van der Waals surface area contributed by atoms with Crippen LogP contribution in [0.1, 0.15) is 22.8 Å². The van der Waals surface area contributed by atoms with Crippen LogP contribution in [-0.2, 0) is 9.53 Å². The molecule has 0 aliphatic rings. The van der Waals surface area contributed by atoms with E-state index < -0.39 is 18.0 Å². The highest BCUT2D eigenvalue weighted by Crippen LogP contribution is 2.26. The Hall–Kier alpha value is -4.11. The van der Waals surface area contributed by atoms with Gasteiger partial charge in [-0.05, 0) is 43.3 Å². The van der Waals surface area contributed by atoms with Gasteiger partial charge in [0.1, 0.15) is 23.1 Å². The molecular weight excluding hydrogens is 368 g/mol. The number of hydrogen-bond acceptors (Lipinski definition) is 5. The summed E-state index contributed by atoms with van der Waals surface area (Å²) in [6.07, 6.45) is -1.07. The van der Waals surface area contributed by atoms with Crippen molar-refractivity contribution in [3.8, 4) is 17.6 Å². The van der Waals surface area contributed by atoms with Gasteiger partial charge in [-0.15, -0.1) is 0 Å². The molecule has 1 amide bonds. The molecule has 6 heteroatoms. The molecule has 0 unspecified atom stereocenters. The fourth-order valence-corrected chi connectivity index (χ4v) is 2.54. The normalized spacial score (nSPS) is 11.0. The number of benzene rings is 3. The topological polar surface area (TPSA) is 88.4 Å². The van der Waals surface area contributed by atoms with Crippen molar-refractivity contribution in [2.75, 3.05) is 5.32 Å². The molecule has 3 aromatic rings. The van der Waals surface area contributed by atoms with Crippen molar-refractivity contribution in [1.82, 2.24) is 0 Å². The molecule has 3 rings (SSSR count). The number of amides is 1. The predicted molar refractivity (Wildman–Crippen MR) is 108 cm³/mol. The van der Waals surface area contributed by atoms with Gasteiger partial charge in [-0.25, -0.2) is 4.79 Å². The molecule has 0 bridgehead atoms. The number of esters is 1. The summed E-state index contributed by atoms with van der Waals surface area (Å²) in [5, 5.41) is 11.7. The van der Waals surface area contributed by atoms with Gasteiger partial charge in [0, 0.05) is 0 Å². The van der Waals surface area contributed by atoms with Crippen molar-refractivity contribution in [2.24, 2.45) is 0 Å². The number of nitriles is 1. The van der Waals surface area contributed by atoms with Gasteiger partial charge in [0.15, 0.2) is 6.10 Å². The second-order valence-corrected chi connectivity index (χ2v) is 6.11. The van der Waals surface area contributed by atoms with Crippen molar-refractivity contribution in [3.05, 3.63) is 90.0 Å². The molecule has 0 fully saturated rings. The van der Waals surface area contributed by atoms with Gasteiger partial charge in [0.05, 0.1) is 11.3 Å². The Bertz CT molecular complexity index is 1060. The van der Waals surface area contributed by atoms with E-state index in [-0.39, 0.29) is 5.56 Å². The van der Waals surface area contributed by atoms with E-state index in [1.165, 1.54) is 6.92 Å². The van der Waals surface area contributed by atoms with Crippen LogP contribution in [0.15, 0.2) is 78.9 Å². The van der Waals surface area contributed by atoms with Crippen molar-refractivity contribution in [2.45, 2.75) is 13.0 Å². The van der Waals surface area contributed by atoms with Gasteiger partial charge in [-0.2, -0.15) is 5.26 Å². The van der Waals surface area contributed by atoms with E-state index in [0.717, 1.165) is 0 Å². The van der Waals surface area contributed by atoms with E-state index in [4.69, 9.17) is 14.7 Å². The molecule has 1 N–H and O–H groups in total. The van der Waals surface area contributed by atoms with E-state index in [0.29, 0.717) is 22.7 Å². The third kappa shape index (κ3) is 4.99. The van der Waals surface area contributed by atoms with Crippen LogP contribution in [0.4, 0.5) is 5.69 Å². The molecule has 0 aliphatic heterocycles. The van der Waals surface area contributed by atoms with Crippen molar-refractivity contribution in [1.29, 1.82) is 5.26 Å². The third-order valence-corrected chi connectivity index (χ3v) is 4.04. The Morgan fingerprint density at radius 3 is 2.34 bits per heavy atom. The highest BCUT2D eigenvalue weighted by atomic mass is 16.5. The van der Waals surface area contributed by atoms with Gasteiger partial charge in [0.2, 0.25) is 0 Å². The maximum Gasteiger partial charge on any atom is 0.342 e. The van der Waals surface area contributed by atoms with Crippen LogP contribution in [-0.4, -0.2) is 18.0 Å². The summed E-state index contributed by atoms with van der Waals surface area (Å²) in [5.41, 5.74) is 0.880. The van der Waals surface area contributed by atoms with Crippen LogP contribution >= 0.6 is 0 Å². The van der Waals surface area contributed by atoms with E-state index >= 15 is 0 Å². The lowest BCUT2D eigenvalue weighted by molar-refractivity contribution is -0.123. The minimum atomic E-state index is -1.07. The molecule has 144 valence electrons. The Balaban J connectivity index is 1.70. The van der Waals surface area contributed by atoms with Crippen LogP contribution in [0.5, 0.6) is 11.5 Å². The number of nitrogens with zero attached hydrogens (tertiary/aromatic N) is 1. The monoisotopic (exact) mass is 386 g/mol. The van der Waals surface area contributed by atoms with Gasteiger partial charge >= 0.3 is 5.97 Å². The minimum absolute atomic E-state index is 0.202. The highest BCUT2D eigenvalue weighted by molar-refractivity contribution is 5.99. The molecule has 0 spiro atoms. The summed E-state index contributed by atoms with van der Waals surface area (Å²) in [6.45, 7) is 1.46. The summed E-state index contributed by atoms with van der Waals surface area (Å²) >= 11 is 0. The number of ether oxygens (including phenoxy) is 2. The molecule has 0 radical (unpaired) electrons. The number of rotatable bonds is 6. The average Bonchev–Trinajstić information content (AvgIpc) is 2.75. The Morgan fingerprint density at radius 1 is 0.931 bits per heavy atom. The Morgan fingerprint density at radius 2 is 1.59 bits per heavy atom. The number of carbonyl (C=O) groups is 2. The van der Waals surface area contributed by atoms with Crippen molar-refractivity contribution < 1.29 is 19.1 Å². The maximum absolute atomic E-state index is 12.6. The lowest BCUT2D eigenvalue weighted by Crippen LogP contribution is -2.30. The fraction of sp³-hybridized carbons (Fsp3) is 0.0870. The lowest BCUT2D eigenvalue weighted by atomic mass is 10.2. The second-order valence-electron chi connectivity index (χ2n) is 6.11. The van der Waals surface area contributed by atoms with Crippen molar-refractivity contribution in [3.63, 3.8) is 0 Å². The molecule has 0 aliphatic carbocycles. The molecule has 29 heavy (non-hydrogen) atoms. The van der Waals surface area contributed by atoms with Gasteiger partial charge < -0.3 is 14.8 Å². The average molecular weight is 386 g/mol. The summed E-state index contributed by atoms with van der Waals surface area (Å²) < 4.78 is 11.1. The summed E-state index contributed by atoms with van der Waals surface area (Å²) in [4.78, 5) is 25.0. The first-order valence-corrected chi connectivity index (χ1v) is 8.91. The standard InChI is InChI=1S/C23H18N2O4/c1-16(22(26)25-20-13-7-5-9-17(20)15-24)28-23(27)19-12-6-8-14-21(19)29-18-10-3-2-4-11-18/h2-14,16H,1H3,(H,25,26)/t16-/m1/s1. The molecule has 6 nitrogen and oxygen atoms in total. The Labute approximate surface area is 168 Å². The number of anilines is 1. The predicted octanol–water partition coefficient (Wildman–Crippen LogP) is 4.53. The van der Waals surface area contributed by atoms with Crippen LogP contribution in [0.3, 0.4) is 0 Å². The Kier molecular flexibility index (Phi) is 6.23. The minimum Gasteiger partial charge on any atom is -0.456 e. The molecular formula is C23H18N2O4. The largest absolute Gasteiger partial charge is 0.456 e. The fourth-order valence-electron chi connectivity index (χ4n) is 2.54. The molecule has 0 heterocycles.